The van der Waals surface area contributed by atoms with E-state index in [9.17, 15) is 14.4 Å². The number of fused-ring (bicyclic) bond motifs is 1. The molecule has 7 heteroatoms. The molecular weight excluding hydrogens is 452 g/mol. The number of aryl methyl sites for hydroxylation is 1. The maximum absolute atomic E-state index is 13.4. The first-order chi connectivity index (χ1) is 16.3. The van der Waals surface area contributed by atoms with Gasteiger partial charge in [0, 0.05) is 28.7 Å². The Morgan fingerprint density at radius 3 is 2.21 bits per heavy atom. The summed E-state index contributed by atoms with van der Waals surface area (Å²) in [5.74, 6) is -1.27. The lowest BCUT2D eigenvalue weighted by Crippen LogP contribution is -2.32. The number of carbonyl (C=O) groups is 2. The molecule has 34 heavy (non-hydrogen) atoms. The molecule has 0 bridgehead atoms. The normalized spacial score (nSPS) is 11.8. The highest BCUT2D eigenvalue weighted by molar-refractivity contribution is 6.30. The van der Waals surface area contributed by atoms with E-state index in [1.165, 1.54) is 18.5 Å². The fourth-order valence-electron chi connectivity index (χ4n) is 3.76. The summed E-state index contributed by atoms with van der Waals surface area (Å²) in [4.78, 5) is 39.0. The van der Waals surface area contributed by atoms with Crippen LogP contribution in [0.15, 0.2) is 77.6 Å². The minimum atomic E-state index is -1.10. The second kappa shape index (κ2) is 9.53. The van der Waals surface area contributed by atoms with Crippen LogP contribution < -0.4 is 10.9 Å². The molecule has 0 aliphatic heterocycles. The molecule has 0 aliphatic carbocycles. The molecule has 0 radical (unpaired) electrons. The third-order valence-electron chi connectivity index (χ3n) is 5.60. The number of esters is 1. The fourth-order valence-corrected chi connectivity index (χ4v) is 3.89. The predicted octanol–water partition coefficient (Wildman–Crippen LogP) is 5.35. The van der Waals surface area contributed by atoms with E-state index in [-0.39, 0.29) is 11.3 Å². The van der Waals surface area contributed by atoms with Gasteiger partial charge in [-0.05, 0) is 55.1 Å². The van der Waals surface area contributed by atoms with Crippen LogP contribution in [0, 0.1) is 6.92 Å². The summed E-state index contributed by atoms with van der Waals surface area (Å²) in [5.41, 5.74) is 2.69. The molecule has 0 saturated carbocycles. The number of amides is 1. The molecule has 0 fully saturated rings. The van der Waals surface area contributed by atoms with Crippen molar-refractivity contribution in [2.75, 3.05) is 5.32 Å². The summed E-state index contributed by atoms with van der Waals surface area (Å²) >= 11 is 5.88. The van der Waals surface area contributed by atoms with Crippen molar-refractivity contribution in [3.05, 3.63) is 99.4 Å². The lowest BCUT2D eigenvalue weighted by atomic mass is 9.96. The number of aromatic nitrogens is 1. The Hall–Kier alpha value is -3.90. The number of ether oxygens (including phenoxy) is 1. The minimum Gasteiger partial charge on any atom is -0.448 e. The van der Waals surface area contributed by atoms with Crippen LogP contribution in [0.3, 0.4) is 0 Å². The lowest BCUT2D eigenvalue weighted by molar-refractivity contribution is -0.123. The highest BCUT2D eigenvalue weighted by Gasteiger charge is 2.26. The van der Waals surface area contributed by atoms with Gasteiger partial charge in [-0.3, -0.25) is 9.59 Å². The van der Waals surface area contributed by atoms with Crippen molar-refractivity contribution >= 4 is 39.9 Å². The van der Waals surface area contributed by atoms with Crippen LogP contribution in [-0.2, 0) is 16.6 Å². The van der Waals surface area contributed by atoms with E-state index in [1.807, 2.05) is 37.3 Å². The Morgan fingerprint density at radius 1 is 0.941 bits per heavy atom. The molecule has 6 nitrogen and oxygen atoms in total. The molecule has 0 saturated heterocycles. The van der Waals surface area contributed by atoms with Gasteiger partial charge >= 0.3 is 5.97 Å². The second-order valence-electron chi connectivity index (χ2n) is 8.04. The van der Waals surface area contributed by atoms with E-state index in [2.05, 4.69) is 5.32 Å². The Balaban J connectivity index is 1.73. The third kappa shape index (κ3) is 4.58. The highest BCUT2D eigenvalue weighted by Crippen LogP contribution is 2.31. The van der Waals surface area contributed by atoms with E-state index in [1.54, 1.807) is 42.5 Å². The average molecular weight is 475 g/mol. The number of benzene rings is 3. The largest absolute Gasteiger partial charge is 0.448 e. The van der Waals surface area contributed by atoms with Gasteiger partial charge in [-0.1, -0.05) is 59.6 Å². The number of halogens is 1. The van der Waals surface area contributed by atoms with Crippen molar-refractivity contribution < 1.29 is 14.3 Å². The summed E-state index contributed by atoms with van der Waals surface area (Å²) in [5, 5.41) is 4.36. The van der Waals surface area contributed by atoms with Crippen LogP contribution in [0.25, 0.3) is 21.9 Å². The number of nitrogens with zero attached hydrogens (tertiary/aromatic N) is 1. The average Bonchev–Trinajstić information content (AvgIpc) is 2.83. The SMILES string of the molecule is Cc1ccc(-c2c(C(=O)OC(C)C(=O)Nc3ccc(Cl)cc3)n(C)c(=O)c3ccccc23)cc1. The highest BCUT2D eigenvalue weighted by atomic mass is 35.5. The molecule has 4 aromatic rings. The van der Waals surface area contributed by atoms with E-state index in [4.69, 9.17) is 16.3 Å². The molecule has 3 aromatic carbocycles. The maximum Gasteiger partial charge on any atom is 0.356 e. The van der Waals surface area contributed by atoms with Gasteiger partial charge in [0.2, 0.25) is 0 Å². The van der Waals surface area contributed by atoms with Gasteiger partial charge in [0.25, 0.3) is 11.5 Å². The first-order valence-corrected chi connectivity index (χ1v) is 11.1. The lowest BCUT2D eigenvalue weighted by Gasteiger charge is -2.19. The van der Waals surface area contributed by atoms with Crippen molar-refractivity contribution in [1.82, 2.24) is 4.57 Å². The van der Waals surface area contributed by atoms with Gasteiger partial charge in [-0.25, -0.2) is 4.79 Å². The van der Waals surface area contributed by atoms with Gasteiger partial charge in [0.1, 0.15) is 5.69 Å². The van der Waals surface area contributed by atoms with Crippen molar-refractivity contribution in [1.29, 1.82) is 0 Å². The molecule has 1 amide bonds. The molecule has 1 atom stereocenters. The number of pyridine rings is 1. The van der Waals surface area contributed by atoms with Crippen molar-refractivity contribution in [3.8, 4) is 11.1 Å². The zero-order valence-corrected chi connectivity index (χ0v) is 19.7. The summed E-state index contributed by atoms with van der Waals surface area (Å²) < 4.78 is 6.81. The Kier molecular flexibility index (Phi) is 6.52. The molecule has 4 rings (SSSR count). The number of hydrogen-bond donors (Lipinski definition) is 1. The van der Waals surface area contributed by atoms with Crippen LogP contribution in [0.1, 0.15) is 23.0 Å². The number of rotatable bonds is 5. The Labute approximate surface area is 201 Å². The second-order valence-corrected chi connectivity index (χ2v) is 8.48. The van der Waals surface area contributed by atoms with Crippen LogP contribution in [0.4, 0.5) is 5.69 Å². The van der Waals surface area contributed by atoms with Crippen LogP contribution >= 0.6 is 11.6 Å². The van der Waals surface area contributed by atoms with Crippen LogP contribution in [-0.4, -0.2) is 22.5 Å². The van der Waals surface area contributed by atoms with Gasteiger partial charge in [0.05, 0.1) is 0 Å². The molecule has 1 N–H and O–H groups in total. The smallest absolute Gasteiger partial charge is 0.356 e. The number of carbonyl (C=O) groups excluding carboxylic acids is 2. The van der Waals surface area contributed by atoms with E-state index >= 15 is 0 Å². The van der Waals surface area contributed by atoms with Crippen molar-refractivity contribution in [2.45, 2.75) is 20.0 Å². The molecule has 0 spiro atoms. The van der Waals surface area contributed by atoms with Gasteiger partial charge in [-0.15, -0.1) is 0 Å². The van der Waals surface area contributed by atoms with Crippen molar-refractivity contribution in [3.63, 3.8) is 0 Å². The van der Waals surface area contributed by atoms with Crippen molar-refractivity contribution in [2.24, 2.45) is 7.05 Å². The van der Waals surface area contributed by atoms with Gasteiger partial charge in [-0.2, -0.15) is 0 Å². The van der Waals surface area contributed by atoms with Crippen LogP contribution in [0.2, 0.25) is 5.02 Å². The molecular formula is C27H23ClN2O4. The summed E-state index contributed by atoms with van der Waals surface area (Å²) in [7, 11) is 1.53. The minimum absolute atomic E-state index is 0.0821. The molecule has 1 heterocycles. The Morgan fingerprint density at radius 2 is 1.56 bits per heavy atom. The first kappa shape index (κ1) is 23.3. The first-order valence-electron chi connectivity index (χ1n) is 10.7. The molecule has 1 aromatic heterocycles. The molecule has 172 valence electrons. The third-order valence-corrected chi connectivity index (χ3v) is 5.85. The number of hydrogen-bond acceptors (Lipinski definition) is 4. The van der Waals surface area contributed by atoms with E-state index < -0.39 is 18.0 Å². The van der Waals surface area contributed by atoms with E-state index in [0.717, 1.165) is 11.1 Å². The van der Waals surface area contributed by atoms with Gasteiger partial charge in [0.15, 0.2) is 6.10 Å². The van der Waals surface area contributed by atoms with Gasteiger partial charge < -0.3 is 14.6 Å². The standard InChI is InChI=1S/C27H23ClN2O4/c1-16-8-10-18(11-9-16)23-21-6-4-5-7-22(21)26(32)30(3)24(23)27(33)34-17(2)25(31)29-20-14-12-19(28)13-15-20/h4-15,17H,1-3H3,(H,29,31). The maximum atomic E-state index is 13.4. The fraction of sp³-hybridized carbons (Fsp3) is 0.148. The van der Waals surface area contributed by atoms with E-state index in [0.29, 0.717) is 27.0 Å². The number of nitrogens with one attached hydrogen (secondary N) is 1. The molecule has 1 unspecified atom stereocenters. The topological polar surface area (TPSA) is 77.4 Å². The van der Waals surface area contributed by atoms with Crippen LogP contribution in [0.5, 0.6) is 0 Å². The quantitative estimate of drug-likeness (QED) is 0.395. The predicted molar refractivity (Wildman–Crippen MR) is 134 cm³/mol. The molecule has 0 aliphatic rings. The monoisotopic (exact) mass is 474 g/mol. The summed E-state index contributed by atoms with van der Waals surface area (Å²) in [6, 6.07) is 21.4. The number of anilines is 1. The summed E-state index contributed by atoms with van der Waals surface area (Å²) in [6.45, 7) is 3.45. The zero-order chi connectivity index (χ0) is 24.4. The summed E-state index contributed by atoms with van der Waals surface area (Å²) in [6.07, 6.45) is -1.10. The Bertz CT molecular complexity index is 1440. The zero-order valence-electron chi connectivity index (χ0n) is 19.0.